The van der Waals surface area contributed by atoms with Crippen LogP contribution >= 0.6 is 0 Å². The lowest BCUT2D eigenvalue weighted by molar-refractivity contribution is 0.0942. The molecule has 1 aromatic rings. The molecule has 19 heavy (non-hydrogen) atoms. The first-order valence-corrected chi connectivity index (χ1v) is 7.51. The number of phenolic OH excluding ortho intramolecular Hbond substituents is 1. The second kappa shape index (κ2) is 6.74. The van der Waals surface area contributed by atoms with Gasteiger partial charge in [0, 0.05) is 12.0 Å². The average Bonchev–Trinajstić information content (AvgIpc) is 2.42. The fraction of sp³-hybridized carbons (Fsp3) is 0.588. The first-order valence-electron chi connectivity index (χ1n) is 7.51. The molecule has 1 aromatic carbocycles. The molecule has 1 aliphatic carbocycles. The Kier molecular flexibility index (Phi) is 5.00. The Balaban J connectivity index is 1.82. The lowest BCUT2D eigenvalue weighted by atomic mass is 9.78. The summed E-state index contributed by atoms with van der Waals surface area (Å²) in [5.41, 5.74) is 0.730. The molecule has 104 valence electrons. The molecule has 0 radical (unpaired) electrons. The zero-order chi connectivity index (χ0) is 13.7. The van der Waals surface area contributed by atoms with E-state index in [0.717, 1.165) is 11.5 Å². The van der Waals surface area contributed by atoms with Gasteiger partial charge in [-0.25, -0.2) is 0 Å². The van der Waals surface area contributed by atoms with Crippen molar-refractivity contribution in [1.29, 1.82) is 0 Å². The van der Waals surface area contributed by atoms with Crippen LogP contribution in [0.2, 0.25) is 0 Å². The minimum Gasteiger partial charge on any atom is -0.508 e. The third-order valence-electron chi connectivity index (χ3n) is 4.33. The standard InChI is InChI=1S/C17H24O2/c1-2-3-13-4-6-14(7-5-13)12-17(19)15-8-10-16(18)11-9-15/h8-11,13-14,18H,2-7,12H2,1H3. The Morgan fingerprint density at radius 1 is 1.11 bits per heavy atom. The van der Waals surface area contributed by atoms with Gasteiger partial charge in [-0.2, -0.15) is 0 Å². The maximum atomic E-state index is 12.1. The Labute approximate surface area is 115 Å². The number of carbonyl (C=O) groups is 1. The van der Waals surface area contributed by atoms with Gasteiger partial charge in [0.25, 0.3) is 0 Å². The lowest BCUT2D eigenvalue weighted by Crippen LogP contribution is -2.17. The monoisotopic (exact) mass is 260 g/mol. The van der Waals surface area contributed by atoms with Gasteiger partial charge in [0.15, 0.2) is 5.78 Å². The van der Waals surface area contributed by atoms with Crippen LogP contribution < -0.4 is 0 Å². The molecule has 0 saturated heterocycles. The number of carbonyl (C=O) groups excluding carboxylic acids is 1. The van der Waals surface area contributed by atoms with Crippen molar-refractivity contribution in [1.82, 2.24) is 0 Å². The Hall–Kier alpha value is -1.31. The number of hydrogen-bond donors (Lipinski definition) is 1. The van der Waals surface area contributed by atoms with E-state index < -0.39 is 0 Å². The van der Waals surface area contributed by atoms with Gasteiger partial charge in [-0.15, -0.1) is 0 Å². The van der Waals surface area contributed by atoms with E-state index in [1.807, 2.05) is 0 Å². The molecular formula is C17H24O2. The molecule has 0 bridgehead atoms. The molecule has 0 atom stereocenters. The fourth-order valence-electron chi connectivity index (χ4n) is 3.16. The summed E-state index contributed by atoms with van der Waals surface area (Å²) in [7, 11) is 0. The minimum atomic E-state index is 0.219. The predicted octanol–water partition coefficient (Wildman–Crippen LogP) is 4.57. The van der Waals surface area contributed by atoms with Crippen molar-refractivity contribution in [3.63, 3.8) is 0 Å². The van der Waals surface area contributed by atoms with Gasteiger partial charge in [0.2, 0.25) is 0 Å². The smallest absolute Gasteiger partial charge is 0.163 e. The van der Waals surface area contributed by atoms with Crippen LogP contribution in [0.3, 0.4) is 0 Å². The number of phenols is 1. The zero-order valence-corrected chi connectivity index (χ0v) is 11.8. The second-order valence-corrected chi connectivity index (χ2v) is 5.85. The summed E-state index contributed by atoms with van der Waals surface area (Å²) in [4.78, 5) is 12.1. The van der Waals surface area contributed by atoms with Crippen molar-refractivity contribution < 1.29 is 9.90 Å². The molecule has 2 heteroatoms. The summed E-state index contributed by atoms with van der Waals surface area (Å²) in [6.07, 6.45) is 8.29. The van der Waals surface area contributed by atoms with Gasteiger partial charge in [0.1, 0.15) is 5.75 Å². The van der Waals surface area contributed by atoms with Crippen LogP contribution in [0.1, 0.15) is 62.2 Å². The number of Topliss-reactive ketones (excluding diaryl/α,β-unsaturated/α-hetero) is 1. The summed E-state index contributed by atoms with van der Waals surface area (Å²) < 4.78 is 0. The van der Waals surface area contributed by atoms with Crippen molar-refractivity contribution in [3.05, 3.63) is 29.8 Å². The minimum absolute atomic E-state index is 0.219. The fourth-order valence-corrected chi connectivity index (χ4v) is 3.16. The lowest BCUT2D eigenvalue weighted by Gasteiger charge is -2.27. The van der Waals surface area contributed by atoms with Crippen LogP contribution in [-0.4, -0.2) is 10.9 Å². The number of ketones is 1. The molecule has 2 rings (SSSR count). The van der Waals surface area contributed by atoms with Crippen LogP contribution in [0, 0.1) is 11.8 Å². The van der Waals surface area contributed by atoms with Crippen molar-refractivity contribution in [2.24, 2.45) is 11.8 Å². The van der Waals surface area contributed by atoms with Crippen molar-refractivity contribution in [2.75, 3.05) is 0 Å². The second-order valence-electron chi connectivity index (χ2n) is 5.85. The maximum absolute atomic E-state index is 12.1. The van der Waals surface area contributed by atoms with Gasteiger partial charge in [-0.3, -0.25) is 4.79 Å². The van der Waals surface area contributed by atoms with E-state index in [-0.39, 0.29) is 11.5 Å². The molecule has 1 aliphatic rings. The number of hydrogen-bond acceptors (Lipinski definition) is 2. The predicted molar refractivity (Wildman–Crippen MR) is 77.4 cm³/mol. The van der Waals surface area contributed by atoms with E-state index in [4.69, 9.17) is 0 Å². The van der Waals surface area contributed by atoms with Crippen molar-refractivity contribution in [2.45, 2.75) is 51.9 Å². The van der Waals surface area contributed by atoms with Crippen LogP contribution in [0.5, 0.6) is 5.75 Å². The van der Waals surface area contributed by atoms with Crippen molar-refractivity contribution >= 4 is 5.78 Å². The molecule has 2 nitrogen and oxygen atoms in total. The largest absolute Gasteiger partial charge is 0.508 e. The molecule has 0 spiro atoms. The normalized spacial score (nSPS) is 23.2. The van der Waals surface area contributed by atoms with Gasteiger partial charge < -0.3 is 5.11 Å². The van der Waals surface area contributed by atoms with Crippen LogP contribution in [0.15, 0.2) is 24.3 Å². The molecule has 0 amide bonds. The molecule has 0 aromatic heterocycles. The summed E-state index contributed by atoms with van der Waals surface area (Å²) in [6.45, 7) is 2.25. The summed E-state index contributed by atoms with van der Waals surface area (Å²) in [6, 6.07) is 6.62. The van der Waals surface area contributed by atoms with E-state index in [1.165, 1.54) is 38.5 Å². The summed E-state index contributed by atoms with van der Waals surface area (Å²) in [5, 5.41) is 9.23. The molecule has 1 N–H and O–H groups in total. The van der Waals surface area contributed by atoms with Gasteiger partial charge in [-0.1, -0.05) is 32.6 Å². The Bertz CT molecular complexity index is 400. The molecule has 0 heterocycles. The van der Waals surface area contributed by atoms with E-state index in [9.17, 15) is 9.90 Å². The topological polar surface area (TPSA) is 37.3 Å². The van der Waals surface area contributed by atoms with Crippen LogP contribution in [0.25, 0.3) is 0 Å². The van der Waals surface area contributed by atoms with Gasteiger partial charge in [0.05, 0.1) is 0 Å². The van der Waals surface area contributed by atoms with Gasteiger partial charge >= 0.3 is 0 Å². The number of aromatic hydroxyl groups is 1. The SMILES string of the molecule is CCCC1CCC(CC(=O)c2ccc(O)cc2)CC1. The Morgan fingerprint density at radius 3 is 2.26 bits per heavy atom. The summed E-state index contributed by atoms with van der Waals surface area (Å²) in [5.74, 6) is 1.90. The quantitative estimate of drug-likeness (QED) is 0.787. The van der Waals surface area contributed by atoms with E-state index >= 15 is 0 Å². The first-order chi connectivity index (χ1) is 9.19. The van der Waals surface area contributed by atoms with Crippen LogP contribution in [-0.2, 0) is 0 Å². The number of rotatable bonds is 5. The van der Waals surface area contributed by atoms with E-state index in [2.05, 4.69) is 6.92 Å². The highest BCUT2D eigenvalue weighted by Crippen LogP contribution is 2.33. The highest BCUT2D eigenvalue weighted by Gasteiger charge is 2.22. The average molecular weight is 260 g/mol. The third kappa shape index (κ3) is 4.09. The zero-order valence-electron chi connectivity index (χ0n) is 11.8. The van der Waals surface area contributed by atoms with Crippen LogP contribution in [0.4, 0.5) is 0 Å². The summed E-state index contributed by atoms with van der Waals surface area (Å²) >= 11 is 0. The Morgan fingerprint density at radius 2 is 1.68 bits per heavy atom. The van der Waals surface area contributed by atoms with Gasteiger partial charge in [-0.05, 0) is 48.9 Å². The first kappa shape index (κ1) is 14.1. The molecule has 1 saturated carbocycles. The maximum Gasteiger partial charge on any atom is 0.163 e. The van der Waals surface area contributed by atoms with E-state index in [0.29, 0.717) is 12.3 Å². The molecule has 1 fully saturated rings. The number of benzene rings is 1. The highest BCUT2D eigenvalue weighted by molar-refractivity contribution is 5.96. The van der Waals surface area contributed by atoms with E-state index in [1.54, 1.807) is 24.3 Å². The molecule has 0 aliphatic heterocycles. The third-order valence-corrected chi connectivity index (χ3v) is 4.33. The van der Waals surface area contributed by atoms with Crippen molar-refractivity contribution in [3.8, 4) is 5.75 Å². The highest BCUT2D eigenvalue weighted by atomic mass is 16.3. The molecule has 0 unspecified atom stereocenters. The molecular weight excluding hydrogens is 236 g/mol.